The summed E-state index contributed by atoms with van der Waals surface area (Å²) in [5.41, 5.74) is 14.2. The first-order chi connectivity index (χ1) is 6.20. The molecule has 0 unspecified atom stereocenters. The first kappa shape index (κ1) is 8.40. The summed E-state index contributed by atoms with van der Waals surface area (Å²) in [6.45, 7) is 2.15. The number of rotatable bonds is 1. The zero-order chi connectivity index (χ0) is 9.42. The SMILES string of the molecule is CN1Cc2nc(N)nc(CN)c2C1. The highest BCUT2D eigenvalue weighted by Gasteiger charge is 2.21. The topological polar surface area (TPSA) is 81.1 Å². The van der Waals surface area contributed by atoms with Crippen LogP contribution in [0, 0.1) is 0 Å². The average molecular weight is 179 g/mol. The molecule has 0 bridgehead atoms. The van der Waals surface area contributed by atoms with Gasteiger partial charge in [0.25, 0.3) is 0 Å². The van der Waals surface area contributed by atoms with Crippen molar-refractivity contribution in [3.05, 3.63) is 17.0 Å². The smallest absolute Gasteiger partial charge is 0.220 e. The van der Waals surface area contributed by atoms with E-state index in [-0.39, 0.29) is 0 Å². The predicted molar refractivity (Wildman–Crippen MR) is 49.5 cm³/mol. The fraction of sp³-hybridized carbons (Fsp3) is 0.500. The highest BCUT2D eigenvalue weighted by atomic mass is 15.1. The van der Waals surface area contributed by atoms with Crippen LogP contribution in [0.2, 0.25) is 0 Å². The molecule has 1 aromatic heterocycles. The summed E-state index contributed by atoms with van der Waals surface area (Å²) in [5, 5.41) is 0. The van der Waals surface area contributed by atoms with Crippen molar-refractivity contribution < 1.29 is 0 Å². The summed E-state index contributed by atoms with van der Waals surface area (Å²) in [5.74, 6) is 0.328. The molecule has 70 valence electrons. The Hall–Kier alpha value is -1.20. The molecule has 0 spiro atoms. The van der Waals surface area contributed by atoms with E-state index >= 15 is 0 Å². The van der Waals surface area contributed by atoms with Crippen molar-refractivity contribution in [1.29, 1.82) is 0 Å². The summed E-state index contributed by atoms with van der Waals surface area (Å²) in [6.07, 6.45) is 0. The van der Waals surface area contributed by atoms with Crippen LogP contribution < -0.4 is 11.5 Å². The molecule has 2 heterocycles. The first-order valence-corrected chi connectivity index (χ1v) is 4.23. The van der Waals surface area contributed by atoms with Crippen molar-refractivity contribution in [2.45, 2.75) is 19.6 Å². The van der Waals surface area contributed by atoms with Crippen molar-refractivity contribution in [3.8, 4) is 0 Å². The lowest BCUT2D eigenvalue weighted by atomic mass is 10.2. The van der Waals surface area contributed by atoms with Crippen molar-refractivity contribution in [3.63, 3.8) is 0 Å². The van der Waals surface area contributed by atoms with Gasteiger partial charge < -0.3 is 11.5 Å². The molecule has 0 aliphatic carbocycles. The maximum Gasteiger partial charge on any atom is 0.220 e. The van der Waals surface area contributed by atoms with Crippen LogP contribution >= 0.6 is 0 Å². The second kappa shape index (κ2) is 2.93. The van der Waals surface area contributed by atoms with Crippen LogP contribution in [0.5, 0.6) is 0 Å². The minimum atomic E-state index is 0.328. The summed E-state index contributed by atoms with van der Waals surface area (Å²) < 4.78 is 0. The number of fused-ring (bicyclic) bond motifs is 1. The quantitative estimate of drug-likeness (QED) is 0.605. The number of hydrogen-bond acceptors (Lipinski definition) is 5. The third kappa shape index (κ3) is 1.36. The monoisotopic (exact) mass is 179 g/mol. The number of nitrogens with zero attached hydrogens (tertiary/aromatic N) is 3. The van der Waals surface area contributed by atoms with Gasteiger partial charge in [-0.2, -0.15) is 0 Å². The van der Waals surface area contributed by atoms with Gasteiger partial charge in [-0.25, -0.2) is 9.97 Å². The molecular formula is C8H13N5. The number of nitrogen functional groups attached to an aromatic ring is 1. The third-order valence-corrected chi connectivity index (χ3v) is 2.24. The minimum Gasteiger partial charge on any atom is -0.368 e. The van der Waals surface area contributed by atoms with Crippen LogP contribution in [0.15, 0.2) is 0 Å². The Morgan fingerprint density at radius 2 is 2.15 bits per heavy atom. The van der Waals surface area contributed by atoms with Crippen LogP contribution in [-0.2, 0) is 19.6 Å². The standard InChI is InChI=1S/C8H13N5/c1-13-3-5-6(2-9)11-8(10)12-7(5)4-13/h2-4,9H2,1H3,(H2,10,11,12). The zero-order valence-electron chi connectivity index (χ0n) is 7.62. The van der Waals surface area contributed by atoms with Gasteiger partial charge >= 0.3 is 0 Å². The van der Waals surface area contributed by atoms with Gasteiger partial charge in [-0.1, -0.05) is 0 Å². The maximum absolute atomic E-state index is 5.57. The Balaban J connectivity index is 2.50. The lowest BCUT2D eigenvalue weighted by Gasteiger charge is -2.04. The molecule has 0 aromatic carbocycles. The van der Waals surface area contributed by atoms with Crippen LogP contribution in [0.25, 0.3) is 0 Å². The second-order valence-corrected chi connectivity index (χ2v) is 3.33. The van der Waals surface area contributed by atoms with E-state index in [1.54, 1.807) is 0 Å². The van der Waals surface area contributed by atoms with E-state index in [9.17, 15) is 0 Å². The van der Waals surface area contributed by atoms with E-state index in [1.807, 2.05) is 7.05 Å². The molecule has 0 saturated carbocycles. The normalized spacial score (nSPS) is 16.2. The number of aromatic nitrogens is 2. The Morgan fingerprint density at radius 3 is 2.85 bits per heavy atom. The van der Waals surface area contributed by atoms with Gasteiger partial charge in [0.1, 0.15) is 0 Å². The Labute approximate surface area is 76.8 Å². The van der Waals surface area contributed by atoms with Crippen LogP contribution in [0.3, 0.4) is 0 Å². The first-order valence-electron chi connectivity index (χ1n) is 4.23. The Kier molecular flexibility index (Phi) is 1.90. The van der Waals surface area contributed by atoms with Crippen LogP contribution in [0.1, 0.15) is 17.0 Å². The fourth-order valence-electron chi connectivity index (χ4n) is 1.67. The highest BCUT2D eigenvalue weighted by Crippen LogP contribution is 2.22. The predicted octanol–water partition coefficient (Wildman–Crippen LogP) is -0.537. The van der Waals surface area contributed by atoms with Gasteiger partial charge in [0.2, 0.25) is 5.95 Å². The number of anilines is 1. The van der Waals surface area contributed by atoms with Gasteiger partial charge in [-0.05, 0) is 7.05 Å². The number of nitrogens with two attached hydrogens (primary N) is 2. The molecule has 0 radical (unpaired) electrons. The van der Waals surface area contributed by atoms with Gasteiger partial charge in [0, 0.05) is 25.2 Å². The van der Waals surface area contributed by atoms with Gasteiger partial charge in [-0.3, -0.25) is 4.90 Å². The summed E-state index contributed by atoms with van der Waals surface area (Å²) in [4.78, 5) is 10.5. The summed E-state index contributed by atoms with van der Waals surface area (Å²) in [6, 6.07) is 0. The molecule has 1 aromatic rings. The van der Waals surface area contributed by atoms with Crippen LogP contribution in [-0.4, -0.2) is 21.9 Å². The molecule has 0 saturated heterocycles. The third-order valence-electron chi connectivity index (χ3n) is 2.24. The average Bonchev–Trinajstić information content (AvgIpc) is 2.43. The Morgan fingerprint density at radius 1 is 1.38 bits per heavy atom. The van der Waals surface area contributed by atoms with E-state index in [0.29, 0.717) is 12.5 Å². The van der Waals surface area contributed by atoms with E-state index in [2.05, 4.69) is 14.9 Å². The zero-order valence-corrected chi connectivity index (χ0v) is 7.62. The molecule has 2 rings (SSSR count). The van der Waals surface area contributed by atoms with Gasteiger partial charge in [0.15, 0.2) is 0 Å². The molecule has 0 amide bonds. The fourth-order valence-corrected chi connectivity index (χ4v) is 1.67. The molecule has 5 nitrogen and oxygen atoms in total. The molecule has 5 heteroatoms. The Bertz CT molecular complexity index is 336. The van der Waals surface area contributed by atoms with Crippen molar-refractivity contribution in [1.82, 2.24) is 14.9 Å². The molecule has 1 aliphatic rings. The van der Waals surface area contributed by atoms with E-state index in [4.69, 9.17) is 11.5 Å². The largest absolute Gasteiger partial charge is 0.368 e. The molecular weight excluding hydrogens is 166 g/mol. The molecule has 4 N–H and O–H groups in total. The summed E-state index contributed by atoms with van der Waals surface area (Å²) >= 11 is 0. The van der Waals surface area contributed by atoms with E-state index < -0.39 is 0 Å². The second-order valence-electron chi connectivity index (χ2n) is 3.33. The van der Waals surface area contributed by atoms with Crippen LogP contribution in [0.4, 0.5) is 5.95 Å². The van der Waals surface area contributed by atoms with Crippen molar-refractivity contribution in [2.75, 3.05) is 12.8 Å². The van der Waals surface area contributed by atoms with E-state index in [1.165, 1.54) is 0 Å². The molecule has 0 fully saturated rings. The lowest BCUT2D eigenvalue weighted by molar-refractivity contribution is 0.350. The minimum absolute atomic E-state index is 0.328. The van der Waals surface area contributed by atoms with Gasteiger partial charge in [0.05, 0.1) is 11.4 Å². The lowest BCUT2D eigenvalue weighted by Crippen LogP contribution is -2.10. The van der Waals surface area contributed by atoms with Crippen molar-refractivity contribution >= 4 is 5.95 Å². The van der Waals surface area contributed by atoms with Crippen molar-refractivity contribution in [2.24, 2.45) is 5.73 Å². The molecule has 1 aliphatic heterocycles. The number of hydrogen-bond donors (Lipinski definition) is 2. The summed E-state index contributed by atoms with van der Waals surface area (Å²) in [7, 11) is 2.04. The van der Waals surface area contributed by atoms with Gasteiger partial charge in [-0.15, -0.1) is 0 Å². The molecule has 0 atom stereocenters. The van der Waals surface area contributed by atoms with E-state index in [0.717, 1.165) is 30.0 Å². The highest BCUT2D eigenvalue weighted by molar-refractivity contribution is 5.34. The maximum atomic E-state index is 5.57. The molecule has 13 heavy (non-hydrogen) atoms.